The lowest BCUT2D eigenvalue weighted by molar-refractivity contribution is 0.00578. The number of esters is 1. The molecule has 2 aromatic carbocycles. The van der Waals surface area contributed by atoms with E-state index in [1.165, 1.54) is 12.7 Å². The fourth-order valence-electron chi connectivity index (χ4n) is 4.17. The highest BCUT2D eigenvalue weighted by Gasteiger charge is 2.52. The van der Waals surface area contributed by atoms with Gasteiger partial charge in [-0.3, -0.25) is 0 Å². The van der Waals surface area contributed by atoms with Crippen molar-refractivity contribution >= 4 is 30.3 Å². The largest absolute Gasteiger partial charge is 0.495 e. The molecular weight excluding hydrogens is 401 g/mol. The molecule has 0 aliphatic carbocycles. The van der Waals surface area contributed by atoms with Crippen LogP contribution in [-0.4, -0.2) is 44.5 Å². The first kappa shape index (κ1) is 22.6. The smallest absolute Gasteiger partial charge is 0.465 e. The molecule has 6 heteroatoms. The Labute approximate surface area is 191 Å². The number of rotatable bonds is 4. The predicted octanol–water partition coefficient (Wildman–Crippen LogP) is 4.46. The Hall–Kier alpha value is -2.57. The fourth-order valence-corrected chi connectivity index (χ4v) is 4.17. The molecule has 2 aromatic rings. The third kappa shape index (κ3) is 4.48. The molecule has 5 nitrogen and oxygen atoms in total. The van der Waals surface area contributed by atoms with E-state index in [1.54, 1.807) is 0 Å². The van der Waals surface area contributed by atoms with Gasteiger partial charge in [0.05, 0.1) is 23.9 Å². The zero-order chi connectivity index (χ0) is 22.9. The molecule has 2 aliphatic rings. The van der Waals surface area contributed by atoms with E-state index in [2.05, 4.69) is 56.9 Å². The number of benzene rings is 2. The van der Waals surface area contributed by atoms with Gasteiger partial charge in [-0.15, -0.1) is 0 Å². The minimum atomic E-state index is -0.360. The number of nitrogens with zero attached hydrogens (tertiary/aromatic N) is 1. The number of carbonyl (C=O) groups is 1. The zero-order valence-electron chi connectivity index (χ0n) is 19.7. The Kier molecular flexibility index (Phi) is 6.19. The molecule has 0 spiro atoms. The first-order valence-corrected chi connectivity index (χ1v) is 11.3. The van der Waals surface area contributed by atoms with Crippen molar-refractivity contribution in [1.82, 2.24) is 0 Å². The molecule has 0 aromatic heterocycles. The zero-order valence-corrected chi connectivity index (χ0v) is 19.7. The highest BCUT2D eigenvalue weighted by molar-refractivity contribution is 6.63. The second-order valence-corrected chi connectivity index (χ2v) is 9.55. The minimum Gasteiger partial charge on any atom is -0.465 e. The molecule has 32 heavy (non-hydrogen) atoms. The van der Waals surface area contributed by atoms with Crippen LogP contribution in [0.4, 0.5) is 5.69 Å². The average molecular weight is 433 g/mol. The molecule has 2 fully saturated rings. The van der Waals surface area contributed by atoms with E-state index < -0.39 is 0 Å². The van der Waals surface area contributed by atoms with E-state index in [9.17, 15) is 4.79 Å². The Morgan fingerprint density at radius 2 is 1.56 bits per heavy atom. The van der Waals surface area contributed by atoms with Crippen LogP contribution in [0, 0.1) is 0 Å². The quantitative estimate of drug-likeness (QED) is 0.527. The molecule has 0 saturated carbocycles. The highest BCUT2D eigenvalue weighted by atomic mass is 16.7. The summed E-state index contributed by atoms with van der Waals surface area (Å²) in [6, 6.07) is 16.0. The number of hydrogen-bond donors (Lipinski definition) is 0. The van der Waals surface area contributed by atoms with Crippen LogP contribution in [0.1, 0.15) is 56.5 Å². The first-order valence-electron chi connectivity index (χ1n) is 11.3. The normalized spacial score (nSPS) is 19.7. The van der Waals surface area contributed by atoms with E-state index in [1.807, 2.05) is 30.3 Å². The van der Waals surface area contributed by atoms with Crippen molar-refractivity contribution in [3.05, 3.63) is 65.2 Å². The lowest BCUT2D eigenvalue weighted by Crippen LogP contribution is -2.41. The molecule has 0 amide bonds. The van der Waals surface area contributed by atoms with Gasteiger partial charge in [-0.05, 0) is 75.8 Å². The van der Waals surface area contributed by atoms with Gasteiger partial charge in [0.25, 0.3) is 0 Å². The minimum absolute atomic E-state index is 0.305. The first-order chi connectivity index (χ1) is 15.2. The average Bonchev–Trinajstić information content (AvgIpc) is 3.01. The number of ether oxygens (including phenoxy) is 1. The van der Waals surface area contributed by atoms with Crippen molar-refractivity contribution in [2.75, 3.05) is 25.1 Å². The molecule has 0 unspecified atom stereocenters. The summed E-state index contributed by atoms with van der Waals surface area (Å²) in [6.07, 6.45) is 4.30. The van der Waals surface area contributed by atoms with Gasteiger partial charge in [-0.25, -0.2) is 4.79 Å². The summed E-state index contributed by atoms with van der Waals surface area (Å²) in [5.41, 5.74) is 4.68. The number of methoxy groups -OCH3 is 1. The van der Waals surface area contributed by atoms with Gasteiger partial charge < -0.3 is 18.9 Å². The van der Waals surface area contributed by atoms with Crippen LogP contribution < -0.4 is 10.4 Å². The maximum Gasteiger partial charge on any atom is 0.495 e. The van der Waals surface area contributed by atoms with Crippen molar-refractivity contribution < 1.29 is 18.8 Å². The van der Waals surface area contributed by atoms with Crippen LogP contribution in [0.2, 0.25) is 0 Å². The summed E-state index contributed by atoms with van der Waals surface area (Å²) in [5.74, 6) is -0.305. The third-order valence-corrected chi connectivity index (χ3v) is 6.92. The highest BCUT2D eigenvalue weighted by Crippen LogP contribution is 2.37. The third-order valence-electron chi connectivity index (χ3n) is 6.92. The molecule has 0 atom stereocenters. The molecule has 4 rings (SSSR count). The van der Waals surface area contributed by atoms with Crippen molar-refractivity contribution in [3.8, 4) is 0 Å². The van der Waals surface area contributed by atoms with Crippen molar-refractivity contribution in [2.45, 2.75) is 51.7 Å². The molecule has 2 aliphatic heterocycles. The fraction of sp³-hybridized carbons (Fsp3) is 0.423. The van der Waals surface area contributed by atoms with E-state index >= 15 is 0 Å². The lowest BCUT2D eigenvalue weighted by Gasteiger charge is -2.32. The van der Waals surface area contributed by atoms with E-state index in [0.717, 1.165) is 42.6 Å². The van der Waals surface area contributed by atoms with Crippen LogP contribution in [-0.2, 0) is 14.0 Å². The number of hydrogen-bond acceptors (Lipinski definition) is 5. The lowest BCUT2D eigenvalue weighted by atomic mass is 9.75. The van der Waals surface area contributed by atoms with Crippen LogP contribution in [0.3, 0.4) is 0 Å². The summed E-state index contributed by atoms with van der Waals surface area (Å²) < 4.78 is 17.4. The maximum absolute atomic E-state index is 11.7. The van der Waals surface area contributed by atoms with Crippen LogP contribution >= 0.6 is 0 Å². The summed E-state index contributed by atoms with van der Waals surface area (Å²) in [6.45, 7) is 10.2. The summed E-state index contributed by atoms with van der Waals surface area (Å²) >= 11 is 0. The molecule has 2 heterocycles. The van der Waals surface area contributed by atoms with E-state index in [4.69, 9.17) is 14.0 Å². The second kappa shape index (κ2) is 8.76. The predicted molar refractivity (Wildman–Crippen MR) is 129 cm³/mol. The van der Waals surface area contributed by atoms with E-state index in [0.29, 0.717) is 5.56 Å². The summed E-state index contributed by atoms with van der Waals surface area (Å²) in [7, 11) is 1.04. The van der Waals surface area contributed by atoms with Gasteiger partial charge in [-0.1, -0.05) is 35.9 Å². The van der Waals surface area contributed by atoms with Crippen LogP contribution in [0.15, 0.2) is 54.1 Å². The topological polar surface area (TPSA) is 48.0 Å². The standard InChI is InChI=1S/C26H32BNO4/c1-25(2)26(3,4)32-27(31-25)23-9-7-6-8-21(23)18-19-14-16-28(17-15-19)22-12-10-20(11-13-22)24(29)30-5/h6-13,18H,14-17H2,1-5H3. The maximum atomic E-state index is 11.7. The Bertz CT molecular complexity index is 987. The summed E-state index contributed by atoms with van der Waals surface area (Å²) in [5, 5.41) is 0. The number of anilines is 1. The van der Waals surface area contributed by atoms with Crippen LogP contribution in [0.5, 0.6) is 0 Å². The molecular formula is C26H32BNO4. The number of carbonyl (C=O) groups excluding carboxylic acids is 1. The van der Waals surface area contributed by atoms with E-state index in [-0.39, 0.29) is 24.3 Å². The SMILES string of the molecule is COC(=O)c1ccc(N2CCC(=Cc3ccccc3B3OC(C)(C)C(C)(C)O3)CC2)cc1. The van der Waals surface area contributed by atoms with Gasteiger partial charge in [0.15, 0.2) is 0 Å². The Balaban J connectivity index is 1.45. The van der Waals surface area contributed by atoms with Gasteiger partial charge in [0, 0.05) is 18.8 Å². The molecule has 0 bridgehead atoms. The van der Waals surface area contributed by atoms with Gasteiger partial charge >= 0.3 is 13.1 Å². The molecule has 168 valence electrons. The van der Waals surface area contributed by atoms with Gasteiger partial charge in [0.1, 0.15) is 0 Å². The van der Waals surface area contributed by atoms with Gasteiger partial charge in [-0.2, -0.15) is 0 Å². The second-order valence-electron chi connectivity index (χ2n) is 9.55. The Morgan fingerprint density at radius 1 is 0.969 bits per heavy atom. The Morgan fingerprint density at radius 3 is 2.16 bits per heavy atom. The molecule has 2 saturated heterocycles. The summed E-state index contributed by atoms with van der Waals surface area (Å²) in [4.78, 5) is 14.0. The van der Waals surface area contributed by atoms with Crippen molar-refractivity contribution in [3.63, 3.8) is 0 Å². The molecule has 0 N–H and O–H groups in total. The van der Waals surface area contributed by atoms with Crippen molar-refractivity contribution in [1.29, 1.82) is 0 Å². The van der Waals surface area contributed by atoms with Crippen LogP contribution in [0.25, 0.3) is 6.08 Å². The van der Waals surface area contributed by atoms with Gasteiger partial charge in [0.2, 0.25) is 0 Å². The van der Waals surface area contributed by atoms with Crippen molar-refractivity contribution in [2.24, 2.45) is 0 Å². The molecule has 0 radical (unpaired) electrons. The monoisotopic (exact) mass is 433 g/mol. The number of piperidine rings is 1.